The van der Waals surface area contributed by atoms with Gasteiger partial charge in [0.25, 0.3) is 0 Å². The summed E-state index contributed by atoms with van der Waals surface area (Å²) in [5.41, 5.74) is 1.03. The molecule has 0 amide bonds. The Labute approximate surface area is 101 Å². The zero-order chi connectivity index (χ0) is 10.5. The Morgan fingerprint density at radius 1 is 1.25 bits per heavy atom. The average molecular weight is 234 g/mol. The number of hydrogen-bond acceptors (Lipinski definition) is 2. The van der Waals surface area contributed by atoms with E-state index in [0.29, 0.717) is 6.54 Å². The van der Waals surface area contributed by atoms with Crippen LogP contribution < -0.4 is 5.01 Å². The molecule has 0 radical (unpaired) electrons. The van der Waals surface area contributed by atoms with Gasteiger partial charge in [0.1, 0.15) is 6.54 Å². The molecule has 0 spiro atoms. The van der Waals surface area contributed by atoms with Gasteiger partial charge in [0.2, 0.25) is 0 Å². The molecule has 2 aromatic rings. The number of anilines is 1. The minimum absolute atomic E-state index is 0. The fourth-order valence-corrected chi connectivity index (χ4v) is 1.40. The van der Waals surface area contributed by atoms with Gasteiger partial charge in [-0.1, -0.05) is 5.92 Å². The van der Waals surface area contributed by atoms with Crippen LogP contribution in [0.25, 0.3) is 0 Å². The van der Waals surface area contributed by atoms with Crippen LogP contribution in [0, 0.1) is 12.3 Å². The van der Waals surface area contributed by atoms with E-state index in [1.54, 1.807) is 12.4 Å². The Morgan fingerprint density at radius 3 is 2.44 bits per heavy atom. The molecule has 0 atom stereocenters. The summed E-state index contributed by atoms with van der Waals surface area (Å²) < 4.78 is 1.95. The lowest BCUT2D eigenvalue weighted by molar-refractivity contribution is 0.747. The number of aromatic nitrogens is 2. The van der Waals surface area contributed by atoms with E-state index in [4.69, 9.17) is 6.42 Å². The topological polar surface area (TPSA) is 21.1 Å². The molecule has 0 aliphatic carbocycles. The monoisotopic (exact) mass is 233 g/mol. The Morgan fingerprint density at radius 2 is 1.88 bits per heavy atom. The fraction of sp³-hybridized carbons (Fsp3) is 0.0833. The van der Waals surface area contributed by atoms with Crippen molar-refractivity contribution >= 4 is 18.1 Å². The van der Waals surface area contributed by atoms with Gasteiger partial charge in [0.15, 0.2) is 0 Å². The van der Waals surface area contributed by atoms with Crippen LogP contribution in [0.1, 0.15) is 0 Å². The first-order valence-corrected chi connectivity index (χ1v) is 4.66. The Hall–Kier alpha value is -1.92. The van der Waals surface area contributed by atoms with Crippen LogP contribution >= 0.6 is 12.4 Å². The number of pyridine rings is 1. The lowest BCUT2D eigenvalue weighted by Crippen LogP contribution is -2.28. The molecule has 3 nitrogen and oxygen atoms in total. The maximum absolute atomic E-state index is 5.35. The molecule has 0 N–H and O–H groups in total. The van der Waals surface area contributed by atoms with Gasteiger partial charge in [-0.3, -0.25) is 14.7 Å². The molecule has 0 aliphatic rings. The summed E-state index contributed by atoms with van der Waals surface area (Å²) in [4.78, 5) is 3.98. The average Bonchev–Trinajstić information content (AvgIpc) is 2.80. The summed E-state index contributed by atoms with van der Waals surface area (Å²) in [7, 11) is 0. The number of terminal acetylenes is 1. The lowest BCUT2D eigenvalue weighted by Gasteiger charge is -2.23. The Kier molecular flexibility index (Phi) is 4.43. The van der Waals surface area contributed by atoms with E-state index < -0.39 is 0 Å². The van der Waals surface area contributed by atoms with Gasteiger partial charge < -0.3 is 0 Å². The first-order valence-electron chi connectivity index (χ1n) is 4.66. The molecule has 4 heteroatoms. The molecular weight excluding hydrogens is 222 g/mol. The van der Waals surface area contributed by atoms with E-state index in [9.17, 15) is 0 Å². The molecular formula is C12H12ClN3. The Bertz CT molecular complexity index is 445. The second-order valence-corrected chi connectivity index (χ2v) is 3.03. The van der Waals surface area contributed by atoms with Crippen molar-refractivity contribution in [1.29, 1.82) is 0 Å². The maximum Gasteiger partial charge on any atom is 0.100 e. The maximum atomic E-state index is 5.35. The summed E-state index contributed by atoms with van der Waals surface area (Å²) in [6, 6.07) is 7.78. The van der Waals surface area contributed by atoms with Crippen molar-refractivity contribution in [2.24, 2.45) is 0 Å². The molecule has 0 saturated carbocycles. The fourth-order valence-electron chi connectivity index (χ4n) is 1.40. The third-order valence-corrected chi connectivity index (χ3v) is 2.07. The quantitative estimate of drug-likeness (QED) is 0.758. The van der Waals surface area contributed by atoms with Crippen LogP contribution in [0.3, 0.4) is 0 Å². The first-order chi connectivity index (χ1) is 7.42. The standard InChI is InChI=1S/C12H11N3.ClH/c1-2-9-15(14-10-3-4-11-14)12-5-7-13-8-6-12;/h1,3-8,10-11H,9H2;1H. The van der Waals surface area contributed by atoms with Gasteiger partial charge >= 0.3 is 0 Å². The molecule has 2 aromatic heterocycles. The number of nitrogens with zero attached hydrogens (tertiary/aromatic N) is 3. The third kappa shape index (κ3) is 2.56. The number of halogens is 1. The lowest BCUT2D eigenvalue weighted by atomic mass is 10.4. The molecule has 0 saturated heterocycles. The molecule has 0 bridgehead atoms. The summed E-state index contributed by atoms with van der Waals surface area (Å²) in [5, 5.41) is 1.99. The van der Waals surface area contributed by atoms with Crippen LogP contribution in [0.5, 0.6) is 0 Å². The smallest absolute Gasteiger partial charge is 0.100 e. The number of hydrogen-bond donors (Lipinski definition) is 0. The normalized spacial score (nSPS) is 8.94. The summed E-state index contributed by atoms with van der Waals surface area (Å²) in [6.07, 6.45) is 12.8. The highest BCUT2D eigenvalue weighted by Gasteiger charge is 2.04. The van der Waals surface area contributed by atoms with Crippen LogP contribution in [0.4, 0.5) is 5.69 Å². The molecule has 0 aliphatic heterocycles. The molecule has 0 fully saturated rings. The van der Waals surface area contributed by atoms with Crippen LogP contribution in [-0.2, 0) is 0 Å². The predicted octanol–water partition coefficient (Wildman–Crippen LogP) is 2.21. The van der Waals surface area contributed by atoms with E-state index >= 15 is 0 Å². The van der Waals surface area contributed by atoms with E-state index in [1.165, 1.54) is 0 Å². The summed E-state index contributed by atoms with van der Waals surface area (Å²) in [5.74, 6) is 2.64. The van der Waals surface area contributed by atoms with Crippen molar-refractivity contribution in [3.63, 3.8) is 0 Å². The first kappa shape index (κ1) is 12.2. The highest BCUT2D eigenvalue weighted by molar-refractivity contribution is 5.85. The highest BCUT2D eigenvalue weighted by Crippen LogP contribution is 2.12. The van der Waals surface area contributed by atoms with Crippen molar-refractivity contribution in [1.82, 2.24) is 9.66 Å². The highest BCUT2D eigenvalue weighted by atomic mass is 35.5. The minimum atomic E-state index is 0. The predicted molar refractivity (Wildman–Crippen MR) is 67.5 cm³/mol. The second-order valence-electron chi connectivity index (χ2n) is 3.03. The van der Waals surface area contributed by atoms with Crippen molar-refractivity contribution in [3.05, 3.63) is 49.1 Å². The van der Waals surface area contributed by atoms with Crippen LogP contribution in [0.15, 0.2) is 49.1 Å². The van der Waals surface area contributed by atoms with Crippen molar-refractivity contribution in [2.75, 3.05) is 11.6 Å². The van der Waals surface area contributed by atoms with Gasteiger partial charge in [-0.15, -0.1) is 18.8 Å². The molecule has 0 unspecified atom stereocenters. The zero-order valence-electron chi connectivity index (χ0n) is 8.65. The molecule has 2 rings (SSSR count). The van der Waals surface area contributed by atoms with Crippen molar-refractivity contribution in [3.8, 4) is 12.3 Å². The number of rotatable bonds is 3. The van der Waals surface area contributed by atoms with E-state index in [1.807, 2.05) is 46.3 Å². The van der Waals surface area contributed by atoms with E-state index in [-0.39, 0.29) is 12.4 Å². The van der Waals surface area contributed by atoms with Gasteiger partial charge in [0.05, 0.1) is 5.69 Å². The van der Waals surface area contributed by atoms with Crippen LogP contribution in [-0.4, -0.2) is 16.2 Å². The third-order valence-electron chi connectivity index (χ3n) is 2.07. The molecule has 16 heavy (non-hydrogen) atoms. The Balaban J connectivity index is 0.00000128. The van der Waals surface area contributed by atoms with Gasteiger partial charge in [-0.25, -0.2) is 0 Å². The SMILES string of the molecule is C#CCN(c1ccncc1)n1cccc1.Cl. The van der Waals surface area contributed by atoms with E-state index in [2.05, 4.69) is 10.9 Å². The minimum Gasteiger partial charge on any atom is -0.270 e. The second kappa shape index (κ2) is 5.84. The molecule has 82 valence electrons. The van der Waals surface area contributed by atoms with Crippen LogP contribution in [0.2, 0.25) is 0 Å². The van der Waals surface area contributed by atoms with Crippen molar-refractivity contribution in [2.45, 2.75) is 0 Å². The largest absolute Gasteiger partial charge is 0.270 e. The summed E-state index contributed by atoms with van der Waals surface area (Å²) >= 11 is 0. The molecule has 0 aromatic carbocycles. The van der Waals surface area contributed by atoms with E-state index in [0.717, 1.165) is 5.69 Å². The van der Waals surface area contributed by atoms with Gasteiger partial charge in [0, 0.05) is 24.8 Å². The summed E-state index contributed by atoms with van der Waals surface area (Å²) in [6.45, 7) is 0.526. The van der Waals surface area contributed by atoms with Gasteiger partial charge in [-0.05, 0) is 24.3 Å². The van der Waals surface area contributed by atoms with Gasteiger partial charge in [-0.2, -0.15) is 0 Å². The molecule has 2 heterocycles. The van der Waals surface area contributed by atoms with Crippen molar-refractivity contribution < 1.29 is 0 Å². The zero-order valence-corrected chi connectivity index (χ0v) is 9.47.